The number of rotatable bonds is 3. The Morgan fingerprint density at radius 2 is 1.90 bits per heavy atom. The van der Waals surface area contributed by atoms with Crippen LogP contribution in [0.3, 0.4) is 0 Å². The highest BCUT2D eigenvalue weighted by Gasteiger charge is 2.30. The van der Waals surface area contributed by atoms with Crippen molar-refractivity contribution in [3.8, 4) is 0 Å². The van der Waals surface area contributed by atoms with E-state index in [9.17, 15) is 4.79 Å². The summed E-state index contributed by atoms with van der Waals surface area (Å²) in [4.78, 5) is 16.3. The van der Waals surface area contributed by atoms with Crippen LogP contribution in [0.1, 0.15) is 31.2 Å². The van der Waals surface area contributed by atoms with Crippen LogP contribution in [0.25, 0.3) is 0 Å². The van der Waals surface area contributed by atoms with Gasteiger partial charge >= 0.3 is 0 Å². The molecule has 3 nitrogen and oxygen atoms in total. The summed E-state index contributed by atoms with van der Waals surface area (Å²) in [5.41, 5.74) is 1.20. The molecule has 20 heavy (non-hydrogen) atoms. The van der Waals surface area contributed by atoms with Crippen LogP contribution in [0.4, 0.5) is 0 Å². The van der Waals surface area contributed by atoms with Gasteiger partial charge in [0.1, 0.15) is 0 Å². The summed E-state index contributed by atoms with van der Waals surface area (Å²) in [6, 6.07) is 8.52. The topological polar surface area (TPSA) is 23.6 Å². The molecule has 1 aromatic carbocycles. The van der Waals surface area contributed by atoms with E-state index in [0.717, 1.165) is 56.9 Å². The average molecular weight is 293 g/mol. The average Bonchev–Trinajstić information content (AvgIpc) is 2.89. The number of carbonyl (C=O) groups excluding carboxylic acids is 1. The first-order chi connectivity index (χ1) is 9.74. The largest absolute Gasteiger partial charge is 0.340 e. The Hall–Kier alpha value is -1.06. The summed E-state index contributed by atoms with van der Waals surface area (Å²) < 4.78 is 0. The summed E-state index contributed by atoms with van der Waals surface area (Å²) >= 11 is 6.22. The van der Waals surface area contributed by atoms with Gasteiger partial charge in [-0.1, -0.05) is 29.8 Å². The summed E-state index contributed by atoms with van der Waals surface area (Å²) in [6.07, 6.45) is 3.98. The molecule has 0 bridgehead atoms. The van der Waals surface area contributed by atoms with Crippen molar-refractivity contribution in [3.63, 3.8) is 0 Å². The van der Waals surface area contributed by atoms with E-state index in [0.29, 0.717) is 11.9 Å². The van der Waals surface area contributed by atoms with E-state index in [1.165, 1.54) is 5.56 Å². The molecule has 2 saturated heterocycles. The van der Waals surface area contributed by atoms with Crippen LogP contribution < -0.4 is 0 Å². The second-order valence-electron chi connectivity index (χ2n) is 5.79. The molecule has 108 valence electrons. The summed E-state index contributed by atoms with van der Waals surface area (Å²) in [5.74, 6) is 0.356. The smallest absolute Gasteiger partial charge is 0.222 e. The first-order valence-corrected chi connectivity index (χ1v) is 7.87. The third-order valence-electron chi connectivity index (χ3n) is 4.46. The number of halogens is 1. The maximum atomic E-state index is 11.8. The Morgan fingerprint density at radius 3 is 2.55 bits per heavy atom. The van der Waals surface area contributed by atoms with Crippen LogP contribution in [-0.4, -0.2) is 41.4 Å². The van der Waals surface area contributed by atoms with E-state index in [1.807, 2.05) is 18.2 Å². The number of hydrogen-bond acceptors (Lipinski definition) is 2. The van der Waals surface area contributed by atoms with Gasteiger partial charge < -0.3 is 4.90 Å². The zero-order valence-electron chi connectivity index (χ0n) is 11.7. The highest BCUT2D eigenvalue weighted by molar-refractivity contribution is 6.31. The molecular formula is C16H21ClN2O. The second kappa shape index (κ2) is 6.15. The quantitative estimate of drug-likeness (QED) is 0.855. The summed E-state index contributed by atoms with van der Waals surface area (Å²) in [6.45, 7) is 3.99. The van der Waals surface area contributed by atoms with Crippen molar-refractivity contribution in [2.24, 2.45) is 0 Å². The van der Waals surface area contributed by atoms with Crippen molar-refractivity contribution < 1.29 is 4.79 Å². The number of nitrogens with zero attached hydrogens (tertiary/aromatic N) is 2. The fourth-order valence-electron chi connectivity index (χ4n) is 3.31. The molecule has 2 heterocycles. The highest BCUT2D eigenvalue weighted by Crippen LogP contribution is 2.24. The molecule has 0 aromatic heterocycles. The van der Waals surface area contributed by atoms with E-state index in [4.69, 9.17) is 11.6 Å². The van der Waals surface area contributed by atoms with Gasteiger partial charge in [0.05, 0.1) is 0 Å². The Labute approximate surface area is 125 Å². The lowest BCUT2D eigenvalue weighted by molar-refractivity contribution is -0.130. The van der Waals surface area contributed by atoms with E-state index < -0.39 is 0 Å². The molecule has 0 aliphatic carbocycles. The number of piperidine rings is 1. The predicted molar refractivity (Wildman–Crippen MR) is 80.7 cm³/mol. The molecule has 0 radical (unpaired) electrons. The number of benzene rings is 1. The monoisotopic (exact) mass is 292 g/mol. The minimum atomic E-state index is 0.356. The lowest BCUT2D eigenvalue weighted by Gasteiger charge is -2.36. The number of hydrogen-bond donors (Lipinski definition) is 0. The van der Waals surface area contributed by atoms with Gasteiger partial charge in [-0.05, 0) is 30.9 Å². The van der Waals surface area contributed by atoms with E-state index in [2.05, 4.69) is 15.9 Å². The standard InChI is InChI=1S/C16H21ClN2O/c17-15-5-2-1-4-13(15)12-18-10-7-14(8-11-18)19-9-3-6-16(19)20/h1-2,4-5,14H,3,6-12H2. The van der Waals surface area contributed by atoms with Gasteiger partial charge in [0, 0.05) is 43.7 Å². The van der Waals surface area contributed by atoms with Gasteiger partial charge in [-0.3, -0.25) is 9.69 Å². The van der Waals surface area contributed by atoms with Crippen molar-refractivity contribution in [2.75, 3.05) is 19.6 Å². The highest BCUT2D eigenvalue weighted by atomic mass is 35.5. The molecule has 3 rings (SSSR count). The van der Waals surface area contributed by atoms with Crippen LogP contribution in [0.15, 0.2) is 24.3 Å². The molecule has 2 aliphatic heterocycles. The van der Waals surface area contributed by atoms with Gasteiger partial charge in [-0.2, -0.15) is 0 Å². The van der Waals surface area contributed by atoms with Gasteiger partial charge in [0.15, 0.2) is 0 Å². The Morgan fingerprint density at radius 1 is 1.15 bits per heavy atom. The summed E-state index contributed by atoms with van der Waals surface area (Å²) in [5, 5.41) is 0.851. The molecule has 2 fully saturated rings. The first-order valence-electron chi connectivity index (χ1n) is 7.49. The van der Waals surface area contributed by atoms with E-state index >= 15 is 0 Å². The minimum Gasteiger partial charge on any atom is -0.340 e. The third kappa shape index (κ3) is 2.99. The van der Waals surface area contributed by atoms with E-state index in [1.54, 1.807) is 0 Å². The Kier molecular flexibility index (Phi) is 4.27. The van der Waals surface area contributed by atoms with Gasteiger partial charge in [0.2, 0.25) is 5.91 Å². The molecule has 2 aliphatic rings. The maximum Gasteiger partial charge on any atom is 0.222 e. The third-order valence-corrected chi connectivity index (χ3v) is 4.83. The van der Waals surface area contributed by atoms with Crippen LogP contribution >= 0.6 is 11.6 Å². The van der Waals surface area contributed by atoms with E-state index in [-0.39, 0.29) is 0 Å². The molecular weight excluding hydrogens is 272 g/mol. The lowest BCUT2D eigenvalue weighted by atomic mass is 10.0. The van der Waals surface area contributed by atoms with Crippen LogP contribution in [0.2, 0.25) is 5.02 Å². The molecule has 4 heteroatoms. The van der Waals surface area contributed by atoms with Crippen molar-refractivity contribution in [2.45, 2.75) is 38.3 Å². The SMILES string of the molecule is O=C1CCCN1C1CCN(Cc2ccccc2Cl)CC1. The molecule has 1 amide bonds. The fourth-order valence-corrected chi connectivity index (χ4v) is 3.51. The zero-order valence-corrected chi connectivity index (χ0v) is 12.5. The molecule has 0 unspecified atom stereocenters. The molecule has 0 atom stereocenters. The molecule has 0 N–H and O–H groups in total. The molecule has 0 saturated carbocycles. The lowest BCUT2D eigenvalue weighted by Crippen LogP contribution is -2.45. The van der Waals surface area contributed by atoms with Crippen LogP contribution in [0.5, 0.6) is 0 Å². The van der Waals surface area contributed by atoms with Crippen LogP contribution in [-0.2, 0) is 11.3 Å². The maximum absolute atomic E-state index is 11.8. The number of likely N-dealkylation sites (tertiary alicyclic amines) is 2. The van der Waals surface area contributed by atoms with Crippen molar-refractivity contribution >= 4 is 17.5 Å². The van der Waals surface area contributed by atoms with Crippen molar-refractivity contribution in [1.82, 2.24) is 9.80 Å². The molecule has 1 aromatic rings. The number of carbonyl (C=O) groups is 1. The van der Waals surface area contributed by atoms with Gasteiger partial charge in [-0.25, -0.2) is 0 Å². The Balaban J connectivity index is 1.54. The normalized spacial score (nSPS) is 21.6. The predicted octanol–water partition coefficient (Wildman–Crippen LogP) is 2.93. The number of amides is 1. The van der Waals surface area contributed by atoms with Gasteiger partial charge in [-0.15, -0.1) is 0 Å². The van der Waals surface area contributed by atoms with Gasteiger partial charge in [0.25, 0.3) is 0 Å². The summed E-state index contributed by atoms with van der Waals surface area (Å²) in [7, 11) is 0. The second-order valence-corrected chi connectivity index (χ2v) is 6.20. The van der Waals surface area contributed by atoms with Crippen molar-refractivity contribution in [1.29, 1.82) is 0 Å². The molecule has 0 spiro atoms. The Bertz CT molecular complexity index is 483. The first kappa shape index (κ1) is 13.9. The van der Waals surface area contributed by atoms with Crippen molar-refractivity contribution in [3.05, 3.63) is 34.9 Å². The minimum absolute atomic E-state index is 0.356. The zero-order chi connectivity index (χ0) is 13.9. The van der Waals surface area contributed by atoms with Crippen LogP contribution in [0, 0.1) is 0 Å². The fraction of sp³-hybridized carbons (Fsp3) is 0.562.